The first kappa shape index (κ1) is 14.3. The van der Waals surface area contributed by atoms with Gasteiger partial charge in [-0.1, -0.05) is 29.8 Å². The Balaban J connectivity index is 1.91. The summed E-state index contributed by atoms with van der Waals surface area (Å²) in [7, 11) is 0. The van der Waals surface area contributed by atoms with Gasteiger partial charge in [-0.2, -0.15) is 10.2 Å². The van der Waals surface area contributed by atoms with Gasteiger partial charge in [-0.15, -0.1) is 0 Å². The van der Waals surface area contributed by atoms with Crippen LogP contribution < -0.4 is 5.32 Å². The van der Waals surface area contributed by atoms with E-state index in [1.54, 1.807) is 11.6 Å². The number of aromatic nitrogens is 2. The monoisotopic (exact) mass is 317 g/mol. The minimum absolute atomic E-state index is 0.0984. The molecule has 7 nitrogen and oxygen atoms in total. The zero-order chi connectivity index (χ0) is 15.7. The number of rotatable bonds is 3. The number of hydrogen-bond donors (Lipinski definition) is 1. The number of hydrazone groups is 1. The van der Waals surface area contributed by atoms with Crippen LogP contribution in [0, 0.1) is 6.92 Å². The highest BCUT2D eigenvalue weighted by molar-refractivity contribution is 6.32. The molecule has 1 aromatic heterocycles. The van der Waals surface area contributed by atoms with E-state index in [1.165, 1.54) is 6.21 Å². The normalized spacial score (nSPS) is 14.9. The van der Waals surface area contributed by atoms with Crippen LogP contribution in [0.1, 0.15) is 11.3 Å². The quantitative estimate of drug-likeness (QED) is 0.691. The molecule has 2 heterocycles. The first-order valence-corrected chi connectivity index (χ1v) is 6.90. The maximum absolute atomic E-state index is 11.4. The molecule has 1 fully saturated rings. The van der Waals surface area contributed by atoms with Gasteiger partial charge in [0, 0.05) is 0 Å². The maximum atomic E-state index is 11.4. The van der Waals surface area contributed by atoms with Crippen molar-refractivity contribution in [3.05, 3.63) is 46.7 Å². The molecule has 3 rings (SSSR count). The standard InChI is InChI=1S/C14H12ClN5O2/c1-9-11(7-16-19-8-12(21)17-14(19)22)13(15)20(18-9)10-5-3-2-4-6-10/h2-7H,8H2,1H3,(H,17,21,22). The minimum atomic E-state index is -0.550. The molecule has 8 heteroatoms. The van der Waals surface area contributed by atoms with Gasteiger partial charge in [0.1, 0.15) is 11.7 Å². The van der Waals surface area contributed by atoms with Crippen LogP contribution in [0.25, 0.3) is 5.69 Å². The van der Waals surface area contributed by atoms with Crippen molar-refractivity contribution >= 4 is 29.8 Å². The van der Waals surface area contributed by atoms with E-state index in [-0.39, 0.29) is 12.5 Å². The average molecular weight is 318 g/mol. The lowest BCUT2D eigenvalue weighted by molar-refractivity contribution is -0.118. The van der Waals surface area contributed by atoms with E-state index < -0.39 is 6.03 Å². The summed E-state index contributed by atoms with van der Waals surface area (Å²) in [6, 6.07) is 8.88. The summed E-state index contributed by atoms with van der Waals surface area (Å²) in [4.78, 5) is 22.5. The van der Waals surface area contributed by atoms with Crippen LogP contribution in [0.4, 0.5) is 4.79 Å². The number of hydrogen-bond acceptors (Lipinski definition) is 4. The van der Waals surface area contributed by atoms with Gasteiger partial charge in [-0.05, 0) is 19.1 Å². The minimum Gasteiger partial charge on any atom is -0.275 e. The van der Waals surface area contributed by atoms with Crippen LogP contribution in [0.2, 0.25) is 5.15 Å². The third-order valence-corrected chi connectivity index (χ3v) is 3.51. The van der Waals surface area contributed by atoms with E-state index >= 15 is 0 Å². The van der Waals surface area contributed by atoms with Gasteiger partial charge in [0.25, 0.3) is 0 Å². The summed E-state index contributed by atoms with van der Waals surface area (Å²) >= 11 is 6.34. The number of nitrogens with one attached hydrogen (secondary N) is 1. The van der Waals surface area contributed by atoms with Crippen LogP contribution in [-0.4, -0.2) is 39.5 Å². The fourth-order valence-corrected chi connectivity index (χ4v) is 2.37. The van der Waals surface area contributed by atoms with Gasteiger partial charge in [0.2, 0.25) is 5.91 Å². The topological polar surface area (TPSA) is 79.6 Å². The van der Waals surface area contributed by atoms with Crippen LogP contribution in [0.5, 0.6) is 0 Å². The van der Waals surface area contributed by atoms with E-state index in [0.29, 0.717) is 16.4 Å². The lowest BCUT2D eigenvalue weighted by atomic mass is 10.3. The molecule has 0 atom stereocenters. The summed E-state index contributed by atoms with van der Waals surface area (Å²) in [5.74, 6) is -0.384. The van der Waals surface area contributed by atoms with Crippen molar-refractivity contribution in [1.82, 2.24) is 20.1 Å². The smallest absolute Gasteiger partial charge is 0.275 e. The van der Waals surface area contributed by atoms with Crippen molar-refractivity contribution in [3.8, 4) is 5.69 Å². The van der Waals surface area contributed by atoms with Crippen LogP contribution in [0.15, 0.2) is 35.4 Å². The second-order valence-electron chi connectivity index (χ2n) is 4.69. The highest BCUT2D eigenvalue weighted by Gasteiger charge is 2.26. The average Bonchev–Trinajstić information content (AvgIpc) is 2.97. The molecule has 2 aromatic rings. The zero-order valence-electron chi connectivity index (χ0n) is 11.7. The number of imide groups is 1. The second-order valence-corrected chi connectivity index (χ2v) is 5.05. The first-order valence-electron chi connectivity index (χ1n) is 6.52. The van der Waals surface area contributed by atoms with E-state index in [2.05, 4.69) is 15.5 Å². The predicted molar refractivity (Wildman–Crippen MR) is 81.1 cm³/mol. The number of carbonyl (C=O) groups excluding carboxylic acids is 2. The fourth-order valence-electron chi connectivity index (χ4n) is 2.05. The molecule has 1 aliphatic heterocycles. The van der Waals surface area contributed by atoms with Gasteiger partial charge >= 0.3 is 6.03 Å². The van der Waals surface area contributed by atoms with E-state index in [4.69, 9.17) is 11.6 Å². The van der Waals surface area contributed by atoms with Crippen molar-refractivity contribution in [1.29, 1.82) is 0 Å². The highest BCUT2D eigenvalue weighted by atomic mass is 35.5. The molecule has 0 aliphatic carbocycles. The Morgan fingerprint density at radius 2 is 2.05 bits per heavy atom. The number of amides is 3. The fraction of sp³-hybridized carbons (Fsp3) is 0.143. The molecule has 112 valence electrons. The number of para-hydroxylation sites is 1. The predicted octanol–water partition coefficient (Wildman–Crippen LogP) is 1.72. The Bertz CT molecular complexity index is 769. The lowest BCUT2D eigenvalue weighted by Gasteiger charge is -2.04. The SMILES string of the molecule is Cc1nn(-c2ccccc2)c(Cl)c1C=NN1CC(=O)NC1=O. The number of nitrogens with zero attached hydrogens (tertiary/aromatic N) is 4. The Morgan fingerprint density at radius 1 is 1.32 bits per heavy atom. The number of halogens is 1. The van der Waals surface area contributed by atoms with Crippen LogP contribution in [-0.2, 0) is 4.79 Å². The molecule has 1 aliphatic rings. The molecule has 1 saturated heterocycles. The van der Waals surface area contributed by atoms with Crippen LogP contribution in [0.3, 0.4) is 0 Å². The number of benzene rings is 1. The maximum Gasteiger partial charge on any atom is 0.344 e. The van der Waals surface area contributed by atoms with Crippen molar-refractivity contribution in [2.24, 2.45) is 5.10 Å². The highest BCUT2D eigenvalue weighted by Crippen LogP contribution is 2.22. The third kappa shape index (κ3) is 2.58. The zero-order valence-corrected chi connectivity index (χ0v) is 12.4. The summed E-state index contributed by atoms with van der Waals surface area (Å²) < 4.78 is 1.59. The summed E-state index contributed by atoms with van der Waals surface area (Å²) in [5, 5.41) is 11.9. The van der Waals surface area contributed by atoms with Gasteiger partial charge in [0.05, 0.1) is 23.2 Å². The van der Waals surface area contributed by atoms with Gasteiger partial charge in [-0.25, -0.2) is 14.5 Å². The Labute approximate surface area is 131 Å². The van der Waals surface area contributed by atoms with Crippen molar-refractivity contribution in [2.75, 3.05) is 6.54 Å². The molecule has 0 spiro atoms. The summed E-state index contributed by atoms with van der Waals surface area (Å²) in [6.45, 7) is 1.70. The summed E-state index contributed by atoms with van der Waals surface area (Å²) in [5.41, 5.74) is 2.09. The van der Waals surface area contributed by atoms with Gasteiger partial charge < -0.3 is 0 Å². The molecule has 0 bridgehead atoms. The molecule has 0 unspecified atom stereocenters. The second kappa shape index (κ2) is 5.61. The molecular weight excluding hydrogens is 306 g/mol. The molecular formula is C14H12ClN5O2. The molecule has 1 N–H and O–H groups in total. The molecule has 0 radical (unpaired) electrons. The molecule has 1 aromatic carbocycles. The van der Waals surface area contributed by atoms with Crippen molar-refractivity contribution in [2.45, 2.75) is 6.92 Å². The Hall–Kier alpha value is -2.67. The molecule has 0 saturated carbocycles. The van der Waals surface area contributed by atoms with E-state index in [1.807, 2.05) is 30.3 Å². The Kier molecular flexibility index (Phi) is 3.64. The third-order valence-electron chi connectivity index (χ3n) is 3.15. The van der Waals surface area contributed by atoms with Gasteiger partial charge in [0.15, 0.2) is 0 Å². The van der Waals surface area contributed by atoms with Gasteiger partial charge in [-0.3, -0.25) is 10.1 Å². The van der Waals surface area contributed by atoms with Crippen LogP contribution >= 0.6 is 11.6 Å². The largest absolute Gasteiger partial charge is 0.344 e. The van der Waals surface area contributed by atoms with E-state index in [9.17, 15) is 9.59 Å². The number of urea groups is 1. The van der Waals surface area contributed by atoms with E-state index in [0.717, 1.165) is 10.7 Å². The molecule has 22 heavy (non-hydrogen) atoms. The lowest BCUT2D eigenvalue weighted by Crippen LogP contribution is -2.24. The number of carbonyl (C=O) groups is 2. The Morgan fingerprint density at radius 3 is 2.68 bits per heavy atom. The molecule has 3 amide bonds. The van der Waals surface area contributed by atoms with Crippen molar-refractivity contribution < 1.29 is 9.59 Å². The summed E-state index contributed by atoms with van der Waals surface area (Å²) in [6.07, 6.45) is 1.43. The van der Waals surface area contributed by atoms with Crippen molar-refractivity contribution in [3.63, 3.8) is 0 Å². The first-order chi connectivity index (χ1) is 10.6. The number of aryl methyl sites for hydroxylation is 1.